The molecule has 0 aliphatic carbocycles. The van der Waals surface area contributed by atoms with Gasteiger partial charge in [-0.15, -0.1) is 0 Å². The monoisotopic (exact) mass is 534 g/mol. The topological polar surface area (TPSA) is 98.6 Å². The minimum Gasteiger partial charge on any atom is -0.493 e. The number of ketones is 1. The summed E-state index contributed by atoms with van der Waals surface area (Å²) in [4.78, 5) is 24.3. The van der Waals surface area contributed by atoms with Gasteiger partial charge in [-0.05, 0) is 61.0 Å². The molecule has 2 heterocycles. The van der Waals surface area contributed by atoms with Crippen LogP contribution >= 0.6 is 23.2 Å². The Balaban J connectivity index is 1.25. The lowest BCUT2D eigenvalue weighted by Gasteiger charge is -2.24. The van der Waals surface area contributed by atoms with Crippen molar-refractivity contribution in [3.8, 4) is 28.5 Å². The lowest BCUT2D eigenvalue weighted by atomic mass is 9.93. The predicted molar refractivity (Wildman–Crippen MR) is 139 cm³/mol. The second-order valence-corrected chi connectivity index (χ2v) is 9.34. The first kappa shape index (κ1) is 24.7. The van der Waals surface area contributed by atoms with Crippen LogP contribution in [0.1, 0.15) is 34.0 Å². The number of benzene rings is 3. The molecule has 37 heavy (non-hydrogen) atoms. The van der Waals surface area contributed by atoms with Crippen LogP contribution in [0.4, 0.5) is 0 Å². The van der Waals surface area contributed by atoms with E-state index in [1.165, 1.54) is 0 Å². The molecule has 186 valence electrons. The van der Waals surface area contributed by atoms with Crippen molar-refractivity contribution in [2.24, 2.45) is 0 Å². The van der Waals surface area contributed by atoms with Gasteiger partial charge in [-0.1, -0.05) is 35.3 Å². The van der Waals surface area contributed by atoms with Gasteiger partial charge in [0.25, 0.3) is 0 Å². The molecule has 1 N–H and O–H groups in total. The van der Waals surface area contributed by atoms with Crippen LogP contribution < -0.4 is 9.47 Å². The largest absolute Gasteiger partial charge is 0.493 e. The number of carbonyl (C=O) groups is 2. The highest BCUT2D eigenvalue weighted by atomic mass is 35.5. The number of carboxylic acids is 1. The van der Waals surface area contributed by atoms with Crippen LogP contribution in [0, 0.1) is 0 Å². The van der Waals surface area contributed by atoms with Crippen molar-refractivity contribution in [1.82, 2.24) is 10.2 Å². The molecule has 1 unspecified atom stereocenters. The maximum absolute atomic E-state index is 12.8. The minimum atomic E-state index is -0.919. The van der Waals surface area contributed by atoms with E-state index in [9.17, 15) is 14.7 Å². The van der Waals surface area contributed by atoms with Gasteiger partial charge in [0.05, 0.1) is 35.4 Å². The Bertz CT molecular complexity index is 1470. The number of aromatic nitrogens is 2. The number of rotatable bonds is 7. The molecule has 0 saturated heterocycles. The summed E-state index contributed by atoms with van der Waals surface area (Å²) in [5.41, 5.74) is 3.10. The fraction of sp³-hybridized carbons (Fsp3) is 0.143. The van der Waals surface area contributed by atoms with Gasteiger partial charge in [-0.2, -0.15) is 10.2 Å². The fourth-order valence-electron chi connectivity index (χ4n) is 4.08. The Morgan fingerprint density at radius 3 is 2.51 bits per heavy atom. The lowest BCUT2D eigenvalue weighted by molar-refractivity contribution is -0.139. The molecule has 5 rings (SSSR count). The number of carbonyl (C=O) groups excluding carboxylic acids is 1. The van der Waals surface area contributed by atoms with E-state index in [1.807, 2.05) is 18.2 Å². The second-order valence-electron chi connectivity index (χ2n) is 8.50. The van der Waals surface area contributed by atoms with Gasteiger partial charge in [-0.25, -0.2) is 0 Å². The van der Waals surface area contributed by atoms with Crippen LogP contribution in [0.5, 0.6) is 17.2 Å². The van der Waals surface area contributed by atoms with E-state index in [2.05, 4.69) is 10.2 Å². The first-order valence-electron chi connectivity index (χ1n) is 11.5. The summed E-state index contributed by atoms with van der Waals surface area (Å²) in [7, 11) is 0. The third kappa shape index (κ3) is 5.58. The first-order chi connectivity index (χ1) is 17.9. The molecule has 0 bridgehead atoms. The average Bonchev–Trinajstić information content (AvgIpc) is 2.89. The summed E-state index contributed by atoms with van der Waals surface area (Å²) < 4.78 is 11.5. The molecule has 1 aromatic heterocycles. The van der Waals surface area contributed by atoms with E-state index in [4.69, 9.17) is 32.7 Å². The Morgan fingerprint density at radius 1 is 1.00 bits per heavy atom. The van der Waals surface area contributed by atoms with E-state index in [1.54, 1.807) is 54.6 Å². The number of aliphatic carboxylic acids is 1. The molecule has 1 aliphatic heterocycles. The van der Waals surface area contributed by atoms with Crippen LogP contribution in [0.2, 0.25) is 10.0 Å². The molecule has 0 amide bonds. The van der Waals surface area contributed by atoms with Crippen LogP contribution in [0.25, 0.3) is 11.3 Å². The minimum absolute atomic E-state index is 0.0990. The first-order valence-corrected chi connectivity index (χ1v) is 12.2. The number of hydrogen-bond donors (Lipinski definition) is 1. The maximum atomic E-state index is 12.8. The number of halogens is 2. The molecule has 0 radical (unpaired) electrons. The Hall–Kier alpha value is -3.94. The van der Waals surface area contributed by atoms with Gasteiger partial charge in [0.2, 0.25) is 0 Å². The smallest absolute Gasteiger partial charge is 0.311 e. The number of carboxylic acid groups (broad SMARTS) is 1. The maximum Gasteiger partial charge on any atom is 0.311 e. The Morgan fingerprint density at radius 2 is 1.81 bits per heavy atom. The van der Waals surface area contributed by atoms with E-state index >= 15 is 0 Å². The SMILES string of the molecule is O=C(Cc1ccc(-c2cccc(Cl)c2)nn1)c1ccc(Oc2cc3c(cc2Cl)C(C(=O)O)CCO3)cc1. The van der Waals surface area contributed by atoms with E-state index < -0.39 is 11.9 Å². The molecule has 4 aromatic rings. The van der Waals surface area contributed by atoms with Crippen molar-refractivity contribution in [1.29, 1.82) is 0 Å². The highest BCUT2D eigenvalue weighted by molar-refractivity contribution is 6.32. The molecular weight excluding hydrogens is 515 g/mol. The van der Waals surface area contributed by atoms with Gasteiger partial charge in [0.1, 0.15) is 17.2 Å². The van der Waals surface area contributed by atoms with E-state index in [-0.39, 0.29) is 17.2 Å². The molecule has 1 atom stereocenters. The summed E-state index contributed by atoms with van der Waals surface area (Å²) in [5, 5.41) is 18.7. The normalized spacial score (nSPS) is 14.4. The third-order valence-corrected chi connectivity index (χ3v) is 6.52. The summed E-state index contributed by atoms with van der Waals surface area (Å²) in [6.07, 6.45) is 0.480. The molecule has 7 nitrogen and oxygen atoms in total. The van der Waals surface area contributed by atoms with Crippen LogP contribution in [-0.4, -0.2) is 33.7 Å². The van der Waals surface area contributed by atoms with Crippen molar-refractivity contribution in [2.45, 2.75) is 18.8 Å². The van der Waals surface area contributed by atoms with Crippen LogP contribution in [0.15, 0.2) is 72.8 Å². The van der Waals surface area contributed by atoms with Gasteiger partial charge in [0, 0.05) is 27.8 Å². The molecule has 3 aromatic carbocycles. The number of fused-ring (bicyclic) bond motifs is 1. The molecular formula is C28H20Cl2N2O5. The Labute approximate surface area is 222 Å². The van der Waals surface area contributed by atoms with Gasteiger partial charge < -0.3 is 14.6 Å². The fourth-order valence-corrected chi connectivity index (χ4v) is 4.48. The average molecular weight is 535 g/mol. The number of ether oxygens (including phenoxy) is 2. The van der Waals surface area contributed by atoms with Gasteiger partial charge in [0.15, 0.2) is 5.78 Å². The number of Topliss-reactive ketones (excluding diaryl/α,β-unsaturated/α-hetero) is 1. The summed E-state index contributed by atoms with van der Waals surface area (Å²) in [6.45, 7) is 0.301. The second kappa shape index (κ2) is 10.6. The molecule has 0 saturated carbocycles. The summed E-state index contributed by atoms with van der Waals surface area (Å²) >= 11 is 12.4. The number of hydrogen-bond acceptors (Lipinski definition) is 6. The summed E-state index contributed by atoms with van der Waals surface area (Å²) in [6, 6.07) is 20.7. The summed E-state index contributed by atoms with van der Waals surface area (Å²) in [5.74, 6) is -0.463. The van der Waals surface area contributed by atoms with Crippen LogP contribution in [-0.2, 0) is 11.2 Å². The predicted octanol–water partition coefficient (Wildman–Crippen LogP) is 6.62. The molecule has 9 heteroatoms. The standard InChI is InChI=1S/C28H20Cl2N2O5/c29-18-3-1-2-17(12-18)24-9-6-19(31-32-24)13-25(33)16-4-7-20(8-5-16)37-27-15-26-22(14-23(27)30)21(28(34)35)10-11-36-26/h1-9,12,14-15,21H,10-11,13H2,(H,34,35). The van der Waals surface area contributed by atoms with E-state index in [0.717, 1.165) is 5.56 Å². The van der Waals surface area contributed by atoms with Crippen molar-refractivity contribution in [3.63, 3.8) is 0 Å². The van der Waals surface area contributed by atoms with Crippen molar-refractivity contribution < 1.29 is 24.2 Å². The zero-order chi connectivity index (χ0) is 25.9. The highest BCUT2D eigenvalue weighted by Gasteiger charge is 2.29. The highest BCUT2D eigenvalue weighted by Crippen LogP contribution is 2.41. The van der Waals surface area contributed by atoms with Crippen LogP contribution in [0.3, 0.4) is 0 Å². The lowest BCUT2D eigenvalue weighted by Crippen LogP contribution is -2.20. The van der Waals surface area contributed by atoms with E-state index in [0.29, 0.717) is 57.8 Å². The number of nitrogens with zero attached hydrogens (tertiary/aromatic N) is 2. The molecule has 0 spiro atoms. The van der Waals surface area contributed by atoms with Crippen molar-refractivity contribution in [2.75, 3.05) is 6.61 Å². The van der Waals surface area contributed by atoms with Gasteiger partial charge >= 0.3 is 5.97 Å². The van der Waals surface area contributed by atoms with Crippen molar-refractivity contribution >= 4 is 35.0 Å². The van der Waals surface area contributed by atoms with Gasteiger partial charge in [-0.3, -0.25) is 9.59 Å². The molecule has 0 fully saturated rings. The zero-order valence-electron chi connectivity index (χ0n) is 19.4. The quantitative estimate of drug-likeness (QED) is 0.266. The zero-order valence-corrected chi connectivity index (χ0v) is 20.9. The van der Waals surface area contributed by atoms with Crippen molar-refractivity contribution in [3.05, 3.63) is 99.7 Å². The molecule has 1 aliphatic rings. The third-order valence-electron chi connectivity index (χ3n) is 5.99. The Kier molecular flexibility index (Phi) is 7.08.